The highest BCUT2D eigenvalue weighted by molar-refractivity contribution is 7.17. The smallest absolute Gasteiger partial charge is 0.321 e. The maximum atomic E-state index is 12.7. The second-order valence-electron chi connectivity index (χ2n) is 6.38. The molecule has 0 aliphatic rings. The van der Waals surface area contributed by atoms with Crippen LogP contribution in [0, 0.1) is 17.0 Å². The topological polar surface area (TPSA) is 101 Å². The van der Waals surface area contributed by atoms with Crippen molar-refractivity contribution in [2.75, 3.05) is 5.32 Å². The molecule has 2 heterocycles. The van der Waals surface area contributed by atoms with Crippen LogP contribution in [0.15, 0.2) is 54.6 Å². The molecule has 2 N–H and O–H groups in total. The van der Waals surface area contributed by atoms with Gasteiger partial charge in [-0.15, -0.1) is 0 Å². The van der Waals surface area contributed by atoms with Crippen LogP contribution in [0.5, 0.6) is 0 Å². The minimum Gasteiger partial charge on any atom is -0.321 e. The average Bonchev–Trinajstić information content (AvgIpc) is 3.31. The van der Waals surface area contributed by atoms with Gasteiger partial charge in [0.05, 0.1) is 16.1 Å². The lowest BCUT2D eigenvalue weighted by Gasteiger charge is -2.08. The number of carbonyl (C=O) groups is 1. The van der Waals surface area contributed by atoms with E-state index in [1.165, 1.54) is 6.07 Å². The molecule has 0 unspecified atom stereocenters. The van der Waals surface area contributed by atoms with Gasteiger partial charge in [0.1, 0.15) is 4.88 Å². The fourth-order valence-electron chi connectivity index (χ4n) is 3.00. The van der Waals surface area contributed by atoms with Crippen LogP contribution in [0.1, 0.15) is 26.5 Å². The quantitative estimate of drug-likeness (QED) is 0.350. The van der Waals surface area contributed by atoms with Crippen molar-refractivity contribution >= 4 is 51.0 Å². The van der Waals surface area contributed by atoms with Crippen molar-refractivity contribution in [1.29, 1.82) is 0 Å². The van der Waals surface area contributed by atoms with E-state index in [4.69, 9.17) is 0 Å². The lowest BCUT2D eigenvalue weighted by Crippen LogP contribution is -2.12. The molecule has 4 rings (SSSR count). The van der Waals surface area contributed by atoms with Gasteiger partial charge in [0.25, 0.3) is 5.91 Å². The van der Waals surface area contributed by atoms with Crippen molar-refractivity contribution in [1.82, 2.24) is 10.2 Å². The van der Waals surface area contributed by atoms with E-state index in [0.29, 0.717) is 16.1 Å². The lowest BCUT2D eigenvalue weighted by atomic mass is 10.1. The first-order valence-corrected chi connectivity index (χ1v) is 9.61. The Labute approximate surface area is 169 Å². The van der Waals surface area contributed by atoms with Gasteiger partial charge in [-0.05, 0) is 36.3 Å². The number of aryl methyl sites for hydroxylation is 1. The number of rotatable bonds is 5. The maximum absolute atomic E-state index is 12.7. The van der Waals surface area contributed by atoms with Crippen molar-refractivity contribution in [3.63, 3.8) is 0 Å². The van der Waals surface area contributed by atoms with Crippen LogP contribution < -0.4 is 5.32 Å². The van der Waals surface area contributed by atoms with Gasteiger partial charge < -0.3 is 5.32 Å². The van der Waals surface area contributed by atoms with Crippen LogP contribution in [0.3, 0.4) is 0 Å². The molecule has 0 saturated heterocycles. The van der Waals surface area contributed by atoms with Gasteiger partial charge in [0.2, 0.25) is 0 Å². The first-order valence-electron chi connectivity index (χ1n) is 8.79. The van der Waals surface area contributed by atoms with Crippen LogP contribution in [0.25, 0.3) is 23.1 Å². The van der Waals surface area contributed by atoms with Crippen molar-refractivity contribution < 1.29 is 9.72 Å². The van der Waals surface area contributed by atoms with E-state index >= 15 is 0 Å². The van der Waals surface area contributed by atoms with Gasteiger partial charge in [-0.1, -0.05) is 53.8 Å². The SMILES string of the molecule is Cc1cc([N+](=O)[O-])sc1C(=O)Nc1ccccc1/C=C/c1n[nH]c2ccccc12. The number of anilines is 1. The number of aromatic nitrogens is 2. The van der Waals surface area contributed by atoms with Crippen molar-refractivity contribution in [2.24, 2.45) is 0 Å². The highest BCUT2D eigenvalue weighted by Crippen LogP contribution is 2.29. The molecule has 7 nitrogen and oxygen atoms in total. The molecule has 29 heavy (non-hydrogen) atoms. The number of amides is 1. The first kappa shape index (κ1) is 18.6. The molecule has 0 aliphatic carbocycles. The zero-order chi connectivity index (χ0) is 20.4. The number of nitrogens with zero attached hydrogens (tertiary/aromatic N) is 2. The van der Waals surface area contributed by atoms with Gasteiger partial charge in [-0.25, -0.2) is 0 Å². The van der Waals surface area contributed by atoms with E-state index < -0.39 is 4.92 Å². The van der Waals surface area contributed by atoms with Gasteiger partial charge in [-0.3, -0.25) is 20.0 Å². The number of hydrogen-bond donors (Lipinski definition) is 2. The van der Waals surface area contributed by atoms with E-state index in [9.17, 15) is 14.9 Å². The fraction of sp³-hybridized carbons (Fsp3) is 0.0476. The van der Waals surface area contributed by atoms with Gasteiger partial charge >= 0.3 is 5.00 Å². The standard InChI is InChI=1S/C21H16N4O3S/c1-13-12-19(25(27)28)29-20(13)21(26)22-16-8-4-2-6-14(16)10-11-18-15-7-3-5-9-17(15)23-24-18/h2-12H,1H3,(H,22,26)(H,23,24)/b11-10+. The molecule has 144 valence electrons. The summed E-state index contributed by atoms with van der Waals surface area (Å²) in [6, 6.07) is 16.6. The molecule has 8 heteroatoms. The summed E-state index contributed by atoms with van der Waals surface area (Å²) in [6.07, 6.45) is 3.76. The number of fused-ring (bicyclic) bond motifs is 1. The summed E-state index contributed by atoms with van der Waals surface area (Å²) in [5.74, 6) is -0.369. The number of aromatic amines is 1. The summed E-state index contributed by atoms with van der Waals surface area (Å²) in [7, 11) is 0. The second-order valence-corrected chi connectivity index (χ2v) is 7.41. The Balaban J connectivity index is 1.60. The van der Waals surface area contributed by atoms with E-state index in [0.717, 1.165) is 33.5 Å². The van der Waals surface area contributed by atoms with E-state index in [1.807, 2.05) is 54.6 Å². The third-order valence-corrected chi connectivity index (χ3v) is 5.61. The molecular weight excluding hydrogens is 388 g/mol. The maximum Gasteiger partial charge on any atom is 0.325 e. The molecule has 0 bridgehead atoms. The van der Waals surface area contributed by atoms with Crippen molar-refractivity contribution in [2.45, 2.75) is 6.92 Å². The number of nitro groups is 1. The third-order valence-electron chi connectivity index (χ3n) is 4.42. The molecule has 0 fully saturated rings. The van der Waals surface area contributed by atoms with E-state index in [2.05, 4.69) is 15.5 Å². The Morgan fingerprint density at radius 2 is 1.93 bits per heavy atom. The van der Waals surface area contributed by atoms with Crippen LogP contribution >= 0.6 is 11.3 Å². The Morgan fingerprint density at radius 1 is 1.17 bits per heavy atom. The summed E-state index contributed by atoms with van der Waals surface area (Å²) < 4.78 is 0. The largest absolute Gasteiger partial charge is 0.325 e. The molecule has 1 amide bonds. The Hall–Kier alpha value is -3.78. The Morgan fingerprint density at radius 3 is 2.72 bits per heavy atom. The van der Waals surface area contributed by atoms with Gasteiger partial charge in [0, 0.05) is 17.1 Å². The number of hydrogen-bond acceptors (Lipinski definition) is 5. The Kier molecular flexibility index (Phi) is 4.92. The fourth-order valence-corrected chi connectivity index (χ4v) is 3.88. The monoisotopic (exact) mass is 404 g/mol. The summed E-state index contributed by atoms with van der Waals surface area (Å²) >= 11 is 0.870. The lowest BCUT2D eigenvalue weighted by molar-refractivity contribution is -0.380. The number of benzene rings is 2. The molecule has 0 atom stereocenters. The van der Waals surface area contributed by atoms with E-state index in [-0.39, 0.29) is 10.9 Å². The highest BCUT2D eigenvalue weighted by Gasteiger charge is 2.20. The zero-order valence-electron chi connectivity index (χ0n) is 15.4. The third kappa shape index (κ3) is 3.78. The summed E-state index contributed by atoms with van der Waals surface area (Å²) in [4.78, 5) is 23.5. The normalized spacial score (nSPS) is 11.2. The molecule has 0 spiro atoms. The number of para-hydroxylation sites is 2. The molecule has 4 aromatic rings. The van der Waals surface area contributed by atoms with Crippen molar-refractivity contribution in [3.8, 4) is 0 Å². The van der Waals surface area contributed by atoms with Crippen LogP contribution in [0.2, 0.25) is 0 Å². The Bertz CT molecular complexity index is 1260. The van der Waals surface area contributed by atoms with Gasteiger partial charge in [0.15, 0.2) is 0 Å². The summed E-state index contributed by atoms with van der Waals surface area (Å²) in [5, 5.41) is 22.1. The second kappa shape index (κ2) is 7.69. The van der Waals surface area contributed by atoms with Crippen molar-refractivity contribution in [3.05, 3.63) is 86.4 Å². The average molecular weight is 404 g/mol. The predicted octanol–water partition coefficient (Wildman–Crippen LogP) is 5.26. The number of H-pyrrole nitrogens is 1. The minimum absolute atomic E-state index is 0.0498. The van der Waals surface area contributed by atoms with Crippen LogP contribution in [0.4, 0.5) is 10.7 Å². The summed E-state index contributed by atoms with van der Waals surface area (Å²) in [6.45, 7) is 1.69. The number of nitrogens with one attached hydrogen (secondary N) is 2. The molecule has 2 aromatic heterocycles. The van der Waals surface area contributed by atoms with Gasteiger partial charge in [-0.2, -0.15) is 5.10 Å². The van der Waals surface area contributed by atoms with E-state index in [1.54, 1.807) is 13.0 Å². The highest BCUT2D eigenvalue weighted by atomic mass is 32.1. The molecule has 0 saturated carbocycles. The molecule has 0 aliphatic heterocycles. The minimum atomic E-state index is -0.487. The zero-order valence-corrected chi connectivity index (χ0v) is 16.2. The molecule has 0 radical (unpaired) electrons. The summed E-state index contributed by atoms with van der Waals surface area (Å²) in [5.41, 5.74) is 3.74. The first-order chi connectivity index (χ1) is 14.0. The van der Waals surface area contributed by atoms with Crippen LogP contribution in [-0.4, -0.2) is 21.0 Å². The molecule has 2 aromatic carbocycles. The number of carbonyl (C=O) groups excluding carboxylic acids is 1. The molecular formula is C21H16N4O3S. The predicted molar refractivity (Wildman–Crippen MR) is 115 cm³/mol. The number of thiophene rings is 1. The van der Waals surface area contributed by atoms with Crippen LogP contribution in [-0.2, 0) is 0 Å².